The number of H-pyrrole nitrogens is 1. The lowest BCUT2D eigenvalue weighted by Gasteiger charge is -2.25. The molecular formula is C19H22ClN5S. The second-order valence-electron chi connectivity index (χ2n) is 6.26. The maximum Gasteiger partial charge on any atom is 0.141 e. The van der Waals surface area contributed by atoms with Gasteiger partial charge in [0.25, 0.3) is 0 Å². The van der Waals surface area contributed by atoms with Crippen LogP contribution in [0.2, 0.25) is 0 Å². The number of aliphatic imine (C=N–C) groups is 1. The molecule has 2 heterocycles. The van der Waals surface area contributed by atoms with Gasteiger partial charge >= 0.3 is 0 Å². The van der Waals surface area contributed by atoms with E-state index in [2.05, 4.69) is 20.3 Å². The van der Waals surface area contributed by atoms with E-state index in [9.17, 15) is 0 Å². The highest BCUT2D eigenvalue weighted by Crippen LogP contribution is 2.23. The Morgan fingerprint density at radius 2 is 2.08 bits per heavy atom. The molecule has 0 radical (unpaired) electrons. The second-order valence-corrected chi connectivity index (χ2v) is 7.21. The van der Waals surface area contributed by atoms with E-state index in [4.69, 9.17) is 5.73 Å². The van der Waals surface area contributed by atoms with Crippen LogP contribution < -0.4 is 11.1 Å². The number of amidine groups is 1. The Hall–Kier alpha value is -2.15. The number of rotatable bonds is 6. The molecular weight excluding hydrogens is 366 g/mol. The maximum absolute atomic E-state index is 6.03. The molecule has 1 fully saturated rings. The van der Waals surface area contributed by atoms with Crippen molar-refractivity contribution in [3.8, 4) is 11.3 Å². The van der Waals surface area contributed by atoms with Gasteiger partial charge in [-0.15, -0.1) is 23.7 Å². The number of aromatic nitrogens is 2. The van der Waals surface area contributed by atoms with Crippen LogP contribution in [0.25, 0.3) is 11.3 Å². The molecule has 0 atom stereocenters. The number of halogens is 1. The first-order valence-electron chi connectivity index (χ1n) is 8.54. The van der Waals surface area contributed by atoms with Crippen molar-refractivity contribution < 1.29 is 0 Å². The van der Waals surface area contributed by atoms with E-state index in [1.165, 1.54) is 19.3 Å². The van der Waals surface area contributed by atoms with Crippen molar-refractivity contribution >= 4 is 35.3 Å². The Balaban J connectivity index is 0.00000196. The van der Waals surface area contributed by atoms with Gasteiger partial charge in [-0.05, 0) is 36.4 Å². The minimum atomic E-state index is 0. The summed E-state index contributed by atoms with van der Waals surface area (Å²) in [5.41, 5.74) is 8.90. The molecule has 5 nitrogen and oxygen atoms in total. The van der Waals surface area contributed by atoms with Crippen molar-refractivity contribution in [1.82, 2.24) is 15.3 Å². The largest absolute Gasteiger partial charge is 0.383 e. The zero-order valence-corrected chi connectivity index (χ0v) is 15.9. The van der Waals surface area contributed by atoms with Gasteiger partial charge in [-0.25, -0.2) is 9.98 Å². The van der Waals surface area contributed by atoms with Crippen molar-refractivity contribution in [3.63, 3.8) is 0 Å². The van der Waals surface area contributed by atoms with Crippen LogP contribution in [0.15, 0.2) is 53.0 Å². The number of thiophene rings is 1. The third-order valence-electron chi connectivity index (χ3n) is 4.48. The summed E-state index contributed by atoms with van der Waals surface area (Å²) in [4.78, 5) is 13.4. The summed E-state index contributed by atoms with van der Waals surface area (Å²) in [6.07, 6.45) is 5.86. The third-order valence-corrected chi connectivity index (χ3v) is 5.37. The number of benzene rings is 1. The highest BCUT2D eigenvalue weighted by atomic mass is 35.5. The Labute approximate surface area is 163 Å². The van der Waals surface area contributed by atoms with Gasteiger partial charge in [0, 0.05) is 17.8 Å². The molecule has 0 aliphatic heterocycles. The van der Waals surface area contributed by atoms with Gasteiger partial charge < -0.3 is 16.0 Å². The van der Waals surface area contributed by atoms with E-state index in [1.807, 2.05) is 48.0 Å². The molecule has 1 saturated carbocycles. The normalized spacial score (nSPS) is 14.7. The predicted octanol–water partition coefficient (Wildman–Crippen LogP) is 4.24. The molecule has 0 amide bonds. The van der Waals surface area contributed by atoms with E-state index in [0.29, 0.717) is 11.9 Å². The van der Waals surface area contributed by atoms with Gasteiger partial charge in [0.15, 0.2) is 0 Å². The van der Waals surface area contributed by atoms with Gasteiger partial charge in [0.05, 0.1) is 22.8 Å². The molecule has 0 saturated heterocycles. The molecule has 26 heavy (non-hydrogen) atoms. The Bertz CT molecular complexity index is 850. The van der Waals surface area contributed by atoms with Crippen LogP contribution in [-0.4, -0.2) is 21.8 Å². The summed E-state index contributed by atoms with van der Waals surface area (Å²) in [6, 6.07) is 12.6. The molecule has 4 N–H and O–H groups in total. The molecule has 4 rings (SSSR count). The Morgan fingerprint density at radius 1 is 1.27 bits per heavy atom. The van der Waals surface area contributed by atoms with E-state index < -0.39 is 0 Å². The average molecular weight is 388 g/mol. The van der Waals surface area contributed by atoms with Crippen LogP contribution in [0.5, 0.6) is 0 Å². The molecule has 7 heteroatoms. The lowest BCUT2D eigenvalue weighted by molar-refractivity contribution is 0.336. The fraction of sp³-hybridized carbons (Fsp3) is 0.263. The molecule has 2 aromatic heterocycles. The van der Waals surface area contributed by atoms with Crippen molar-refractivity contribution in [1.29, 1.82) is 0 Å². The van der Waals surface area contributed by atoms with Crippen LogP contribution >= 0.6 is 23.7 Å². The van der Waals surface area contributed by atoms with Crippen LogP contribution in [0.1, 0.15) is 30.0 Å². The SMILES string of the molecule is Cl.N/C(=N\c1ccc(-c2c[nH]c(CNC3CCC3)n2)cc1)c1cccs1. The lowest BCUT2D eigenvalue weighted by Crippen LogP contribution is -2.34. The minimum Gasteiger partial charge on any atom is -0.383 e. The lowest BCUT2D eigenvalue weighted by atomic mass is 9.93. The molecule has 0 spiro atoms. The highest BCUT2D eigenvalue weighted by molar-refractivity contribution is 7.12. The summed E-state index contributed by atoms with van der Waals surface area (Å²) in [6.45, 7) is 0.796. The number of hydrogen-bond donors (Lipinski definition) is 3. The third kappa shape index (κ3) is 4.33. The zero-order chi connectivity index (χ0) is 17.1. The monoisotopic (exact) mass is 387 g/mol. The molecule has 1 aliphatic carbocycles. The zero-order valence-electron chi connectivity index (χ0n) is 14.3. The van der Waals surface area contributed by atoms with Crippen LogP contribution in [0.3, 0.4) is 0 Å². The number of hydrogen-bond acceptors (Lipinski definition) is 4. The first-order chi connectivity index (χ1) is 12.3. The topological polar surface area (TPSA) is 79.1 Å². The number of nitrogens with two attached hydrogens (primary N) is 1. The van der Waals surface area contributed by atoms with E-state index >= 15 is 0 Å². The van der Waals surface area contributed by atoms with Crippen LogP contribution in [0, 0.1) is 0 Å². The number of nitrogens with zero attached hydrogens (tertiary/aromatic N) is 2. The smallest absolute Gasteiger partial charge is 0.141 e. The van der Waals surface area contributed by atoms with E-state index in [0.717, 1.165) is 34.2 Å². The van der Waals surface area contributed by atoms with E-state index in [1.54, 1.807) is 11.3 Å². The number of nitrogens with one attached hydrogen (secondary N) is 2. The molecule has 0 bridgehead atoms. The first-order valence-corrected chi connectivity index (χ1v) is 9.42. The quantitative estimate of drug-likeness (QED) is 0.437. The van der Waals surface area contributed by atoms with Crippen LogP contribution in [0.4, 0.5) is 5.69 Å². The van der Waals surface area contributed by atoms with Crippen molar-refractivity contribution in [2.45, 2.75) is 31.8 Å². The Kier molecular flexibility index (Phi) is 6.08. The van der Waals surface area contributed by atoms with Gasteiger partial charge in [0.1, 0.15) is 11.7 Å². The van der Waals surface area contributed by atoms with Gasteiger partial charge in [0.2, 0.25) is 0 Å². The fourth-order valence-corrected chi connectivity index (χ4v) is 3.41. The first kappa shape index (κ1) is 18.6. The number of imidazole rings is 1. The standard InChI is InChI=1S/C19H21N5S.ClH/c20-19(17-5-2-10-25-17)23-15-8-6-13(7-9-15)16-11-22-18(24-16)12-21-14-3-1-4-14;/h2,5-11,14,21H,1,3-4,12H2,(H2,20,23)(H,22,24);1H. The van der Waals surface area contributed by atoms with Crippen molar-refractivity contribution in [2.75, 3.05) is 0 Å². The fourth-order valence-electron chi connectivity index (χ4n) is 2.78. The maximum atomic E-state index is 6.03. The molecule has 136 valence electrons. The molecule has 3 aromatic rings. The summed E-state index contributed by atoms with van der Waals surface area (Å²) < 4.78 is 0. The molecule has 0 unspecified atom stereocenters. The average Bonchev–Trinajstić information content (AvgIpc) is 3.26. The minimum absolute atomic E-state index is 0. The van der Waals surface area contributed by atoms with Gasteiger partial charge in [-0.2, -0.15) is 0 Å². The summed E-state index contributed by atoms with van der Waals surface area (Å²) in [7, 11) is 0. The van der Waals surface area contributed by atoms with Crippen LogP contribution in [-0.2, 0) is 6.54 Å². The number of aromatic amines is 1. The van der Waals surface area contributed by atoms with Crippen molar-refractivity contribution in [2.24, 2.45) is 10.7 Å². The second kappa shape index (κ2) is 8.49. The molecule has 1 aromatic carbocycles. The Morgan fingerprint density at radius 3 is 2.73 bits per heavy atom. The summed E-state index contributed by atoms with van der Waals surface area (Å²) >= 11 is 1.59. The van der Waals surface area contributed by atoms with Gasteiger partial charge in [-0.3, -0.25) is 0 Å². The summed E-state index contributed by atoms with van der Waals surface area (Å²) in [5.74, 6) is 1.53. The highest BCUT2D eigenvalue weighted by Gasteiger charge is 2.16. The van der Waals surface area contributed by atoms with Crippen molar-refractivity contribution in [3.05, 3.63) is 58.7 Å². The van der Waals surface area contributed by atoms with Gasteiger partial charge in [-0.1, -0.05) is 24.6 Å². The van der Waals surface area contributed by atoms with E-state index in [-0.39, 0.29) is 12.4 Å². The summed E-state index contributed by atoms with van der Waals surface area (Å²) in [5, 5.41) is 5.52. The predicted molar refractivity (Wildman–Crippen MR) is 110 cm³/mol. The molecule has 1 aliphatic rings.